The van der Waals surface area contributed by atoms with E-state index in [-0.39, 0.29) is 24.5 Å². The molecule has 0 saturated heterocycles. The molecule has 0 saturated carbocycles. The van der Waals surface area contributed by atoms with Crippen molar-refractivity contribution in [1.82, 2.24) is 20.5 Å². The number of thiazole rings is 1. The van der Waals surface area contributed by atoms with Gasteiger partial charge in [0.2, 0.25) is 7.44 Å². The Hall–Kier alpha value is -2.79. The Kier molecular flexibility index (Phi) is 10.5. The van der Waals surface area contributed by atoms with Crippen LogP contribution in [0.4, 0.5) is 0 Å². The maximum Gasteiger partial charge on any atom is 0.323 e. The third kappa shape index (κ3) is 7.90. The van der Waals surface area contributed by atoms with Crippen LogP contribution in [0.5, 0.6) is 5.75 Å². The molecule has 3 N–H and O–H groups in total. The number of amides is 1. The van der Waals surface area contributed by atoms with Gasteiger partial charge < -0.3 is 19.5 Å². The number of carbonyl (C=O) groups is 3. The highest BCUT2D eigenvalue weighted by atomic mass is 32.1. The summed E-state index contributed by atoms with van der Waals surface area (Å²) < 4.78 is 30.2. The molecule has 1 aliphatic rings. The number of carbonyl (C=O) groups excluding carboxylic acids is 3. The van der Waals surface area contributed by atoms with Crippen LogP contribution in [0.1, 0.15) is 69.3 Å². The number of hydrogen-bond donors (Lipinski definition) is 3. The van der Waals surface area contributed by atoms with E-state index in [1.165, 1.54) is 25.2 Å². The fourth-order valence-electron chi connectivity index (χ4n) is 4.14. The second-order valence-corrected chi connectivity index (χ2v) is 13.9. The minimum Gasteiger partial charge on any atom is -0.482 e. The average molecular weight is 595 g/mol. The highest BCUT2D eigenvalue weighted by Crippen LogP contribution is 2.47. The molecular weight excluding hydrogens is 555 g/mol. The largest absolute Gasteiger partial charge is 0.482 e. The molecule has 0 fully saturated rings. The quantitative estimate of drug-likeness (QED) is 0.195. The van der Waals surface area contributed by atoms with Gasteiger partial charge in [-0.25, -0.2) is 15.2 Å². The second-order valence-electron chi connectivity index (χ2n) is 10.7. The Morgan fingerprint density at radius 1 is 1.05 bits per heavy atom. The average Bonchev–Trinajstić information content (AvgIpc) is 3.47. The Bertz CT molecular complexity index is 1260. The molecular formula is C27H39N4O7PS. The fraction of sp³-hybridized carbons (Fsp3) is 0.556. The molecule has 1 aliphatic carbocycles. The first kappa shape index (κ1) is 31.7. The molecule has 0 unspecified atom stereocenters. The smallest absolute Gasteiger partial charge is 0.323 e. The number of aromatic nitrogens is 1. The van der Waals surface area contributed by atoms with Gasteiger partial charge in [-0.2, -0.15) is 0 Å². The Labute approximate surface area is 239 Å². The van der Waals surface area contributed by atoms with Gasteiger partial charge in [0, 0.05) is 29.0 Å². The first-order chi connectivity index (χ1) is 18.8. The van der Waals surface area contributed by atoms with Crippen molar-refractivity contribution in [3.8, 4) is 17.0 Å². The number of benzene rings is 1. The lowest BCUT2D eigenvalue weighted by atomic mass is 9.96. The van der Waals surface area contributed by atoms with E-state index in [4.69, 9.17) is 14.2 Å². The van der Waals surface area contributed by atoms with E-state index in [1.54, 1.807) is 31.5 Å². The van der Waals surface area contributed by atoms with E-state index >= 15 is 0 Å². The summed E-state index contributed by atoms with van der Waals surface area (Å²) in [7, 11) is -3.73. The zero-order chi connectivity index (χ0) is 29.7. The van der Waals surface area contributed by atoms with Gasteiger partial charge in [0.05, 0.1) is 24.4 Å². The molecule has 2 aromatic rings. The van der Waals surface area contributed by atoms with Crippen LogP contribution < -0.4 is 20.2 Å². The summed E-state index contributed by atoms with van der Waals surface area (Å²) in [5.41, 5.74) is 4.36. The number of nitrogens with zero attached hydrogens (tertiary/aromatic N) is 1. The monoisotopic (exact) mass is 594 g/mol. The third-order valence-electron chi connectivity index (χ3n) is 6.00. The summed E-state index contributed by atoms with van der Waals surface area (Å²) >= 11 is 1.49. The van der Waals surface area contributed by atoms with Crippen LogP contribution in [0.15, 0.2) is 17.6 Å². The number of esters is 2. The first-order valence-corrected chi connectivity index (χ1v) is 16.0. The molecule has 13 heteroatoms. The summed E-state index contributed by atoms with van der Waals surface area (Å²) in [6.45, 7) is 13.4. The van der Waals surface area contributed by atoms with Crippen LogP contribution in [0.2, 0.25) is 0 Å². The molecule has 2 atom stereocenters. The minimum absolute atomic E-state index is 0.0788. The van der Waals surface area contributed by atoms with Crippen LogP contribution in [-0.4, -0.2) is 61.0 Å². The summed E-state index contributed by atoms with van der Waals surface area (Å²) in [5, 5.41) is 8.56. The minimum atomic E-state index is -3.73. The Balaban J connectivity index is 1.91. The molecule has 11 nitrogen and oxygen atoms in total. The number of hydrogen-bond acceptors (Lipinski definition) is 9. The molecule has 1 aromatic heterocycles. The molecule has 0 bridgehead atoms. The molecule has 40 heavy (non-hydrogen) atoms. The van der Waals surface area contributed by atoms with Gasteiger partial charge in [-0.15, -0.1) is 11.3 Å². The molecule has 220 valence electrons. The van der Waals surface area contributed by atoms with Crippen molar-refractivity contribution in [2.75, 3.05) is 26.1 Å². The van der Waals surface area contributed by atoms with Crippen LogP contribution in [0, 0.1) is 5.41 Å². The standard InChI is InChI=1S/C27H39N4O7PS/c1-8-36-25(33)16(3)30-39(35,31-17(4)26(34)37-9-2)15-38-20-11-10-18(24(32)28-13-27(5,6)7)19-12-21-23(22(19)20)29-14-40-21/h10-11,14,16-17H,8-9,12-13,15H2,1-7H3,(H,28,32)(H2,30,31,35)/t16-,17-/m0/s1. The van der Waals surface area contributed by atoms with E-state index in [1.807, 2.05) is 20.8 Å². The number of rotatable bonds is 13. The van der Waals surface area contributed by atoms with E-state index < -0.39 is 37.8 Å². The molecule has 1 aromatic carbocycles. The van der Waals surface area contributed by atoms with Gasteiger partial charge in [0.25, 0.3) is 5.91 Å². The molecule has 3 rings (SSSR count). The van der Waals surface area contributed by atoms with Crippen molar-refractivity contribution in [3.63, 3.8) is 0 Å². The molecule has 0 radical (unpaired) electrons. The highest BCUT2D eigenvalue weighted by molar-refractivity contribution is 7.59. The molecule has 1 heterocycles. The summed E-state index contributed by atoms with van der Waals surface area (Å²) in [6.07, 6.45) is 0.126. The Morgan fingerprint density at radius 3 is 2.20 bits per heavy atom. The topological polar surface area (TPSA) is 145 Å². The van der Waals surface area contributed by atoms with Crippen molar-refractivity contribution >= 4 is 36.6 Å². The first-order valence-electron chi connectivity index (χ1n) is 13.3. The van der Waals surface area contributed by atoms with E-state index in [0.29, 0.717) is 29.8 Å². The van der Waals surface area contributed by atoms with Crippen molar-refractivity contribution in [3.05, 3.63) is 33.6 Å². The van der Waals surface area contributed by atoms with Gasteiger partial charge in [-0.05, 0) is 50.8 Å². The van der Waals surface area contributed by atoms with E-state index in [2.05, 4.69) is 20.5 Å². The lowest BCUT2D eigenvalue weighted by Crippen LogP contribution is -2.43. The fourth-order valence-corrected chi connectivity index (χ4v) is 6.93. The van der Waals surface area contributed by atoms with E-state index in [9.17, 15) is 18.9 Å². The maximum absolute atomic E-state index is 14.0. The lowest BCUT2D eigenvalue weighted by molar-refractivity contribution is -0.145. The van der Waals surface area contributed by atoms with Crippen molar-refractivity contribution in [2.24, 2.45) is 5.41 Å². The predicted octanol–water partition coefficient (Wildman–Crippen LogP) is 4.10. The molecule has 1 amide bonds. The van der Waals surface area contributed by atoms with E-state index in [0.717, 1.165) is 16.1 Å². The SMILES string of the molecule is CCOC(=O)[C@H](C)NP(=O)(COc1ccc(C(=O)NCC(C)(C)C)c2c1-c1ncsc1C2)N[C@@H](C)C(=O)OCC. The highest BCUT2D eigenvalue weighted by Gasteiger charge is 2.35. The van der Waals surface area contributed by atoms with Gasteiger partial charge in [-0.3, -0.25) is 18.9 Å². The van der Waals surface area contributed by atoms with Crippen molar-refractivity contribution < 1.29 is 33.2 Å². The van der Waals surface area contributed by atoms with Crippen molar-refractivity contribution in [2.45, 2.75) is 67.0 Å². The van der Waals surface area contributed by atoms with Crippen LogP contribution >= 0.6 is 18.8 Å². The van der Waals surface area contributed by atoms with Gasteiger partial charge in [0.15, 0.2) is 6.35 Å². The lowest BCUT2D eigenvalue weighted by Gasteiger charge is -2.26. The Morgan fingerprint density at radius 2 is 1.65 bits per heavy atom. The van der Waals surface area contributed by atoms with Gasteiger partial charge in [-0.1, -0.05) is 20.8 Å². The maximum atomic E-state index is 14.0. The normalized spacial score (nSPS) is 14.1. The summed E-state index contributed by atoms with van der Waals surface area (Å²) in [6, 6.07) is 1.46. The third-order valence-corrected chi connectivity index (χ3v) is 8.93. The number of ether oxygens (including phenoxy) is 3. The second kappa shape index (κ2) is 13.2. The van der Waals surface area contributed by atoms with Gasteiger partial charge in [0.1, 0.15) is 17.8 Å². The zero-order valence-corrected chi connectivity index (χ0v) is 25.8. The van der Waals surface area contributed by atoms with Crippen LogP contribution in [0.25, 0.3) is 11.3 Å². The zero-order valence-electron chi connectivity index (χ0n) is 24.1. The van der Waals surface area contributed by atoms with Crippen LogP contribution in [-0.2, 0) is 30.0 Å². The predicted molar refractivity (Wildman–Crippen MR) is 154 cm³/mol. The summed E-state index contributed by atoms with van der Waals surface area (Å²) in [5.74, 6) is -0.976. The molecule has 0 spiro atoms. The number of nitrogens with one attached hydrogen (secondary N) is 3. The molecule has 0 aliphatic heterocycles. The van der Waals surface area contributed by atoms with Crippen LogP contribution in [0.3, 0.4) is 0 Å². The number of fused-ring (bicyclic) bond motifs is 3. The van der Waals surface area contributed by atoms with Gasteiger partial charge >= 0.3 is 11.9 Å². The van der Waals surface area contributed by atoms with Crippen molar-refractivity contribution in [1.29, 1.82) is 0 Å². The summed E-state index contributed by atoms with van der Waals surface area (Å²) in [4.78, 5) is 43.2.